The van der Waals surface area contributed by atoms with E-state index in [1.165, 1.54) is 0 Å². The molecule has 0 radical (unpaired) electrons. The summed E-state index contributed by atoms with van der Waals surface area (Å²) in [6.45, 7) is 6.04. The standard InChI is InChI=1S/C27H35N5O4/c1-3-20-8-4-5-9-21(20)29-25(33)18-23-27(35)28-12-13-32(23)26(34)19-30-14-16-31(17-15-30)22-10-6-7-11-24(22)36-2/h4-11,23H,3,12-19H2,1-2H3,(H,28,35)(H,29,33)/t23-/m1/s1. The normalized spacial score (nSPS) is 18.5. The molecule has 3 amide bonds. The van der Waals surface area contributed by atoms with Crippen LogP contribution in [0.4, 0.5) is 11.4 Å². The highest BCUT2D eigenvalue weighted by Crippen LogP contribution is 2.28. The Kier molecular flexibility index (Phi) is 8.43. The average molecular weight is 494 g/mol. The molecule has 0 saturated carbocycles. The summed E-state index contributed by atoms with van der Waals surface area (Å²) < 4.78 is 5.49. The van der Waals surface area contributed by atoms with Crippen LogP contribution in [0.2, 0.25) is 0 Å². The predicted octanol–water partition coefficient (Wildman–Crippen LogP) is 1.74. The van der Waals surface area contributed by atoms with E-state index in [-0.39, 0.29) is 30.7 Å². The number of para-hydroxylation sites is 3. The maximum absolute atomic E-state index is 13.3. The second-order valence-electron chi connectivity index (χ2n) is 9.09. The van der Waals surface area contributed by atoms with Crippen molar-refractivity contribution in [3.63, 3.8) is 0 Å². The number of hydrogen-bond donors (Lipinski definition) is 2. The van der Waals surface area contributed by atoms with Crippen molar-refractivity contribution in [1.29, 1.82) is 0 Å². The Labute approximate surface area is 212 Å². The second-order valence-corrected chi connectivity index (χ2v) is 9.09. The van der Waals surface area contributed by atoms with E-state index in [1.807, 2.05) is 55.5 Å². The van der Waals surface area contributed by atoms with Crippen LogP contribution < -0.4 is 20.3 Å². The van der Waals surface area contributed by atoms with Gasteiger partial charge in [-0.2, -0.15) is 0 Å². The number of anilines is 2. The highest BCUT2D eigenvalue weighted by Gasteiger charge is 2.35. The van der Waals surface area contributed by atoms with E-state index >= 15 is 0 Å². The van der Waals surface area contributed by atoms with Crippen LogP contribution >= 0.6 is 0 Å². The molecule has 1 atom stereocenters. The zero-order valence-electron chi connectivity index (χ0n) is 21.0. The second kappa shape index (κ2) is 11.9. The van der Waals surface area contributed by atoms with Crippen LogP contribution in [0.15, 0.2) is 48.5 Å². The van der Waals surface area contributed by atoms with Crippen LogP contribution in [0.3, 0.4) is 0 Å². The van der Waals surface area contributed by atoms with Gasteiger partial charge in [-0.25, -0.2) is 0 Å². The van der Waals surface area contributed by atoms with Crippen molar-refractivity contribution in [3.8, 4) is 5.75 Å². The number of nitrogens with one attached hydrogen (secondary N) is 2. The monoisotopic (exact) mass is 493 g/mol. The maximum atomic E-state index is 13.3. The first-order valence-electron chi connectivity index (χ1n) is 12.6. The van der Waals surface area contributed by atoms with Gasteiger partial charge in [0.2, 0.25) is 17.7 Å². The molecule has 2 aliphatic heterocycles. The maximum Gasteiger partial charge on any atom is 0.243 e. The fraction of sp³-hybridized carbons (Fsp3) is 0.444. The molecule has 2 N–H and O–H groups in total. The molecule has 0 bridgehead atoms. The molecule has 2 aliphatic rings. The van der Waals surface area contributed by atoms with E-state index in [1.54, 1.807) is 12.0 Å². The summed E-state index contributed by atoms with van der Waals surface area (Å²) in [4.78, 5) is 44.7. The molecule has 0 aliphatic carbocycles. The topological polar surface area (TPSA) is 94.2 Å². The lowest BCUT2D eigenvalue weighted by Gasteiger charge is -2.39. The molecular formula is C27H35N5O4. The number of hydrogen-bond acceptors (Lipinski definition) is 6. The van der Waals surface area contributed by atoms with E-state index in [4.69, 9.17) is 4.74 Å². The Bertz CT molecular complexity index is 1080. The largest absolute Gasteiger partial charge is 0.495 e. The van der Waals surface area contributed by atoms with Gasteiger partial charge in [-0.05, 0) is 30.2 Å². The minimum atomic E-state index is -0.810. The fourth-order valence-electron chi connectivity index (χ4n) is 4.86. The average Bonchev–Trinajstić information content (AvgIpc) is 2.90. The van der Waals surface area contributed by atoms with Gasteiger partial charge < -0.3 is 25.2 Å². The van der Waals surface area contributed by atoms with Gasteiger partial charge in [-0.3, -0.25) is 19.3 Å². The summed E-state index contributed by atoms with van der Waals surface area (Å²) in [5.74, 6) is 0.155. The summed E-state index contributed by atoms with van der Waals surface area (Å²) in [6, 6.07) is 14.7. The van der Waals surface area contributed by atoms with Crippen molar-refractivity contribution in [2.75, 3.05) is 63.1 Å². The Balaban J connectivity index is 1.34. The van der Waals surface area contributed by atoms with E-state index in [0.29, 0.717) is 13.1 Å². The van der Waals surface area contributed by atoms with Crippen LogP contribution in [0, 0.1) is 0 Å². The highest BCUT2D eigenvalue weighted by atomic mass is 16.5. The SMILES string of the molecule is CCc1ccccc1NC(=O)C[C@@H]1C(=O)NCCN1C(=O)CN1CCN(c2ccccc2OC)CC1. The molecule has 2 aromatic carbocycles. The van der Waals surface area contributed by atoms with Crippen LogP contribution in [0.5, 0.6) is 5.75 Å². The summed E-state index contributed by atoms with van der Waals surface area (Å²) in [5, 5.41) is 5.72. The van der Waals surface area contributed by atoms with Gasteiger partial charge in [0.1, 0.15) is 11.8 Å². The quantitative estimate of drug-likeness (QED) is 0.582. The van der Waals surface area contributed by atoms with Crippen LogP contribution in [-0.2, 0) is 20.8 Å². The zero-order chi connectivity index (χ0) is 25.5. The van der Waals surface area contributed by atoms with Crippen molar-refractivity contribution in [2.24, 2.45) is 0 Å². The minimum Gasteiger partial charge on any atom is -0.495 e. The van der Waals surface area contributed by atoms with E-state index in [2.05, 4.69) is 20.4 Å². The van der Waals surface area contributed by atoms with E-state index in [9.17, 15) is 14.4 Å². The highest BCUT2D eigenvalue weighted by molar-refractivity contribution is 5.98. The number of carbonyl (C=O) groups excluding carboxylic acids is 3. The van der Waals surface area contributed by atoms with Gasteiger partial charge in [0.15, 0.2) is 0 Å². The molecular weight excluding hydrogens is 458 g/mol. The number of methoxy groups -OCH3 is 1. The summed E-state index contributed by atoms with van der Waals surface area (Å²) in [5.41, 5.74) is 2.82. The molecule has 0 unspecified atom stereocenters. The van der Waals surface area contributed by atoms with Crippen LogP contribution in [-0.4, -0.2) is 86.5 Å². The van der Waals surface area contributed by atoms with Crippen molar-refractivity contribution in [1.82, 2.24) is 15.1 Å². The number of rotatable bonds is 8. The molecule has 0 aromatic heterocycles. The third-order valence-corrected chi connectivity index (χ3v) is 6.86. The smallest absolute Gasteiger partial charge is 0.243 e. The van der Waals surface area contributed by atoms with E-state index in [0.717, 1.165) is 55.3 Å². The number of benzene rings is 2. The fourth-order valence-corrected chi connectivity index (χ4v) is 4.86. The molecule has 9 nitrogen and oxygen atoms in total. The summed E-state index contributed by atoms with van der Waals surface area (Å²) in [6.07, 6.45) is 0.715. The summed E-state index contributed by atoms with van der Waals surface area (Å²) in [7, 11) is 1.67. The van der Waals surface area contributed by atoms with Gasteiger partial charge in [-0.1, -0.05) is 37.3 Å². The third-order valence-electron chi connectivity index (χ3n) is 6.86. The molecule has 2 saturated heterocycles. The Morgan fingerprint density at radius 2 is 1.75 bits per heavy atom. The first-order valence-corrected chi connectivity index (χ1v) is 12.6. The van der Waals surface area contributed by atoms with Gasteiger partial charge in [-0.15, -0.1) is 0 Å². The van der Waals surface area contributed by atoms with Crippen LogP contribution in [0.1, 0.15) is 18.9 Å². The van der Waals surface area contributed by atoms with Crippen molar-refractivity contribution in [3.05, 3.63) is 54.1 Å². The zero-order valence-corrected chi connectivity index (χ0v) is 21.0. The number of ether oxygens (including phenoxy) is 1. The molecule has 2 fully saturated rings. The van der Waals surface area contributed by atoms with Gasteiger partial charge in [0, 0.05) is 45.0 Å². The molecule has 4 rings (SSSR count). The number of amides is 3. The van der Waals surface area contributed by atoms with Crippen molar-refractivity contribution in [2.45, 2.75) is 25.8 Å². The van der Waals surface area contributed by atoms with Crippen LogP contribution in [0.25, 0.3) is 0 Å². The van der Waals surface area contributed by atoms with Gasteiger partial charge in [0.25, 0.3) is 0 Å². The molecule has 36 heavy (non-hydrogen) atoms. The lowest BCUT2D eigenvalue weighted by atomic mass is 10.1. The molecule has 2 heterocycles. The lowest BCUT2D eigenvalue weighted by Crippen LogP contribution is -2.60. The minimum absolute atomic E-state index is 0.0722. The number of nitrogens with zero attached hydrogens (tertiary/aromatic N) is 3. The Morgan fingerprint density at radius 3 is 2.50 bits per heavy atom. The first kappa shape index (κ1) is 25.5. The van der Waals surface area contributed by atoms with E-state index < -0.39 is 6.04 Å². The third kappa shape index (κ3) is 5.96. The predicted molar refractivity (Wildman–Crippen MR) is 139 cm³/mol. The Morgan fingerprint density at radius 1 is 1.03 bits per heavy atom. The first-order chi connectivity index (χ1) is 17.5. The van der Waals surface area contributed by atoms with Crippen molar-refractivity contribution < 1.29 is 19.1 Å². The molecule has 0 spiro atoms. The number of aryl methyl sites for hydroxylation is 1. The molecule has 2 aromatic rings. The molecule has 9 heteroatoms. The van der Waals surface area contributed by atoms with Crippen molar-refractivity contribution >= 4 is 29.1 Å². The van der Waals surface area contributed by atoms with Gasteiger partial charge >= 0.3 is 0 Å². The Hall–Kier alpha value is -3.59. The lowest BCUT2D eigenvalue weighted by molar-refractivity contribution is -0.145. The van der Waals surface area contributed by atoms with Gasteiger partial charge in [0.05, 0.1) is 25.8 Å². The number of piperazine rings is 2. The summed E-state index contributed by atoms with van der Waals surface area (Å²) >= 11 is 0. The molecule has 192 valence electrons. The number of carbonyl (C=O) groups is 3.